The number of sulfone groups is 1. The Morgan fingerprint density at radius 3 is 2.05 bits per heavy atom. The van der Waals surface area contributed by atoms with Crippen LogP contribution in [0.15, 0.2) is 59.5 Å². The van der Waals surface area contributed by atoms with Crippen LogP contribution in [0.25, 0.3) is 0 Å². The quantitative estimate of drug-likeness (QED) is 0.840. The zero-order chi connectivity index (χ0) is 16.4. The summed E-state index contributed by atoms with van der Waals surface area (Å²) in [5.74, 6) is 0. The maximum absolute atomic E-state index is 12.0. The molecule has 0 saturated heterocycles. The molecule has 0 aliphatic rings. The van der Waals surface area contributed by atoms with E-state index in [2.05, 4.69) is 5.43 Å². The number of benzene rings is 2. The molecule has 0 radical (unpaired) electrons. The molecule has 8 heteroatoms. The van der Waals surface area contributed by atoms with Crippen molar-refractivity contribution >= 4 is 31.2 Å². The molecule has 0 amide bonds. The SMILES string of the molecule is CS(=O)(=O)c1cccc(NN(c2ccccc2)S(C)(=O)=O)c1. The summed E-state index contributed by atoms with van der Waals surface area (Å²) in [4.78, 5) is 0.110. The van der Waals surface area contributed by atoms with Gasteiger partial charge in [0.15, 0.2) is 9.84 Å². The molecule has 2 aromatic rings. The Morgan fingerprint density at radius 2 is 1.50 bits per heavy atom. The van der Waals surface area contributed by atoms with Crippen LogP contribution >= 0.6 is 0 Å². The number of nitrogens with zero attached hydrogens (tertiary/aromatic N) is 1. The minimum Gasteiger partial charge on any atom is -0.284 e. The highest BCUT2D eigenvalue weighted by Crippen LogP contribution is 2.21. The molecule has 118 valence electrons. The van der Waals surface area contributed by atoms with Crippen molar-refractivity contribution in [3.63, 3.8) is 0 Å². The standard InChI is InChI=1S/C14H16N2O4S2/c1-21(17,18)14-10-6-7-12(11-14)15-16(22(2,19)20)13-8-4-3-5-9-13/h3-11,15H,1-2H3. The first-order valence-electron chi connectivity index (χ1n) is 6.30. The third kappa shape index (κ3) is 3.99. The Kier molecular flexibility index (Phi) is 4.43. The van der Waals surface area contributed by atoms with Gasteiger partial charge in [-0.15, -0.1) is 0 Å². The number of rotatable bonds is 5. The van der Waals surface area contributed by atoms with E-state index in [0.29, 0.717) is 11.4 Å². The van der Waals surface area contributed by atoms with Crippen LogP contribution in [0.3, 0.4) is 0 Å². The summed E-state index contributed by atoms with van der Waals surface area (Å²) in [7, 11) is -6.96. The number of nitrogens with one attached hydrogen (secondary N) is 1. The van der Waals surface area contributed by atoms with E-state index in [1.54, 1.807) is 42.5 Å². The van der Waals surface area contributed by atoms with Crippen molar-refractivity contribution in [2.24, 2.45) is 0 Å². The van der Waals surface area contributed by atoms with Crippen molar-refractivity contribution in [2.75, 3.05) is 22.4 Å². The van der Waals surface area contributed by atoms with Crippen molar-refractivity contribution in [3.05, 3.63) is 54.6 Å². The molecule has 2 aromatic carbocycles. The second-order valence-electron chi connectivity index (χ2n) is 4.77. The van der Waals surface area contributed by atoms with Gasteiger partial charge in [-0.1, -0.05) is 24.3 Å². The fraction of sp³-hybridized carbons (Fsp3) is 0.143. The minimum absolute atomic E-state index is 0.110. The second-order valence-corrected chi connectivity index (χ2v) is 8.62. The molecule has 0 bridgehead atoms. The van der Waals surface area contributed by atoms with Gasteiger partial charge in [-0.25, -0.2) is 16.8 Å². The van der Waals surface area contributed by atoms with E-state index in [-0.39, 0.29) is 4.90 Å². The topological polar surface area (TPSA) is 83.6 Å². The van der Waals surface area contributed by atoms with Crippen LogP contribution in [0.1, 0.15) is 0 Å². The van der Waals surface area contributed by atoms with Crippen LogP contribution in [0.5, 0.6) is 0 Å². The molecular weight excluding hydrogens is 324 g/mol. The average Bonchev–Trinajstić information content (AvgIpc) is 2.44. The summed E-state index contributed by atoms with van der Waals surface area (Å²) in [5, 5.41) is 0. The van der Waals surface area contributed by atoms with Gasteiger partial charge in [-0.05, 0) is 30.3 Å². The summed E-state index contributed by atoms with van der Waals surface area (Å²) in [6.45, 7) is 0. The highest BCUT2D eigenvalue weighted by molar-refractivity contribution is 7.92. The largest absolute Gasteiger partial charge is 0.284 e. The Hall–Kier alpha value is -2.06. The molecule has 0 saturated carbocycles. The summed E-state index contributed by atoms with van der Waals surface area (Å²) < 4.78 is 48.1. The summed E-state index contributed by atoms with van der Waals surface area (Å²) >= 11 is 0. The molecule has 0 heterocycles. The highest BCUT2D eigenvalue weighted by Gasteiger charge is 2.18. The Balaban J connectivity index is 2.41. The zero-order valence-corrected chi connectivity index (χ0v) is 13.7. The first-order chi connectivity index (χ1) is 10.2. The number of hydrazine groups is 1. The maximum atomic E-state index is 12.0. The molecule has 0 fully saturated rings. The van der Waals surface area contributed by atoms with Gasteiger partial charge < -0.3 is 0 Å². The first kappa shape index (κ1) is 16.3. The number of anilines is 2. The monoisotopic (exact) mass is 340 g/mol. The lowest BCUT2D eigenvalue weighted by Crippen LogP contribution is -2.35. The summed E-state index contributed by atoms with van der Waals surface area (Å²) in [6, 6.07) is 14.4. The third-order valence-corrected chi connectivity index (χ3v) is 4.89. The molecule has 22 heavy (non-hydrogen) atoms. The molecule has 6 nitrogen and oxygen atoms in total. The summed E-state index contributed by atoms with van der Waals surface area (Å²) in [5.41, 5.74) is 3.51. The van der Waals surface area contributed by atoms with Crippen LogP contribution < -0.4 is 9.84 Å². The molecule has 0 spiro atoms. The van der Waals surface area contributed by atoms with Crippen LogP contribution in [-0.2, 0) is 19.9 Å². The molecule has 1 N–H and O–H groups in total. The fourth-order valence-electron chi connectivity index (χ4n) is 1.82. The lowest BCUT2D eigenvalue weighted by Gasteiger charge is -2.24. The normalized spacial score (nSPS) is 11.9. The predicted molar refractivity (Wildman–Crippen MR) is 86.9 cm³/mol. The molecule has 0 aromatic heterocycles. The first-order valence-corrected chi connectivity index (χ1v) is 10.0. The molecule has 0 unspecified atom stereocenters. The number of hydrogen-bond donors (Lipinski definition) is 1. The number of para-hydroxylation sites is 1. The molecule has 0 aliphatic heterocycles. The van der Waals surface area contributed by atoms with Crippen LogP contribution in [0.4, 0.5) is 11.4 Å². The van der Waals surface area contributed by atoms with Crippen LogP contribution in [0, 0.1) is 0 Å². The van der Waals surface area contributed by atoms with E-state index < -0.39 is 19.9 Å². The van der Waals surface area contributed by atoms with Gasteiger partial charge in [-0.3, -0.25) is 5.43 Å². The van der Waals surface area contributed by atoms with Gasteiger partial charge in [0.1, 0.15) is 0 Å². The van der Waals surface area contributed by atoms with Gasteiger partial charge >= 0.3 is 0 Å². The van der Waals surface area contributed by atoms with Gasteiger partial charge in [0.25, 0.3) is 0 Å². The maximum Gasteiger partial charge on any atom is 0.249 e. The Morgan fingerprint density at radius 1 is 0.864 bits per heavy atom. The predicted octanol–water partition coefficient (Wildman–Crippen LogP) is 1.88. The van der Waals surface area contributed by atoms with Gasteiger partial charge in [0.05, 0.1) is 22.5 Å². The van der Waals surface area contributed by atoms with E-state index in [9.17, 15) is 16.8 Å². The minimum atomic E-state index is -3.59. The molecule has 0 aliphatic carbocycles. The average molecular weight is 340 g/mol. The van der Waals surface area contributed by atoms with Gasteiger partial charge in [0.2, 0.25) is 10.0 Å². The third-order valence-electron chi connectivity index (χ3n) is 2.82. The van der Waals surface area contributed by atoms with Gasteiger partial charge in [-0.2, -0.15) is 4.41 Å². The highest BCUT2D eigenvalue weighted by atomic mass is 32.2. The fourth-order valence-corrected chi connectivity index (χ4v) is 3.26. The molecule has 2 rings (SSSR count). The van der Waals surface area contributed by atoms with E-state index in [1.165, 1.54) is 12.1 Å². The zero-order valence-electron chi connectivity index (χ0n) is 12.1. The van der Waals surface area contributed by atoms with E-state index >= 15 is 0 Å². The lowest BCUT2D eigenvalue weighted by atomic mass is 10.3. The van der Waals surface area contributed by atoms with E-state index in [1.807, 2.05) is 0 Å². The van der Waals surface area contributed by atoms with E-state index in [4.69, 9.17) is 0 Å². The summed E-state index contributed by atoms with van der Waals surface area (Å²) in [6.07, 6.45) is 2.16. The van der Waals surface area contributed by atoms with Crippen molar-refractivity contribution in [1.29, 1.82) is 0 Å². The van der Waals surface area contributed by atoms with Gasteiger partial charge in [0, 0.05) is 6.26 Å². The number of hydrogen-bond acceptors (Lipinski definition) is 5. The Bertz CT molecular complexity index is 863. The molecular formula is C14H16N2O4S2. The van der Waals surface area contributed by atoms with Crippen molar-refractivity contribution in [2.45, 2.75) is 4.90 Å². The lowest BCUT2D eigenvalue weighted by molar-refractivity contribution is 0.599. The van der Waals surface area contributed by atoms with Crippen molar-refractivity contribution in [3.8, 4) is 0 Å². The Labute approximate surface area is 130 Å². The van der Waals surface area contributed by atoms with Crippen molar-refractivity contribution in [1.82, 2.24) is 0 Å². The van der Waals surface area contributed by atoms with Crippen molar-refractivity contribution < 1.29 is 16.8 Å². The van der Waals surface area contributed by atoms with E-state index in [0.717, 1.165) is 16.9 Å². The number of sulfonamides is 1. The van der Waals surface area contributed by atoms with Crippen LogP contribution in [-0.4, -0.2) is 29.3 Å². The molecule has 0 atom stereocenters. The second kappa shape index (κ2) is 5.98. The smallest absolute Gasteiger partial charge is 0.249 e. The van der Waals surface area contributed by atoms with Crippen LogP contribution in [0.2, 0.25) is 0 Å².